The molecule has 1 fully saturated rings. The minimum atomic E-state index is -0.375. The van der Waals surface area contributed by atoms with E-state index in [-0.39, 0.29) is 24.5 Å². The number of amides is 1. The Morgan fingerprint density at radius 3 is 2.80 bits per heavy atom. The molecule has 0 radical (unpaired) electrons. The molecule has 0 saturated carbocycles. The highest BCUT2D eigenvalue weighted by molar-refractivity contribution is 7.99. The number of rotatable bonds is 9. The van der Waals surface area contributed by atoms with E-state index in [9.17, 15) is 9.59 Å². The van der Waals surface area contributed by atoms with Crippen LogP contribution in [-0.4, -0.2) is 55.7 Å². The minimum absolute atomic E-state index is 0.0866. The number of hydrogen-bond donors (Lipinski definition) is 2. The van der Waals surface area contributed by atoms with Crippen LogP contribution >= 0.6 is 11.8 Å². The SMILES string of the molecule is CCOC(=O)COc1ccc(CCNC(=O)CC2CSCCN2)cc1. The van der Waals surface area contributed by atoms with Crippen molar-refractivity contribution in [3.05, 3.63) is 29.8 Å². The number of ether oxygens (including phenoxy) is 2. The Balaban J connectivity index is 1.63. The monoisotopic (exact) mass is 366 g/mol. The summed E-state index contributed by atoms with van der Waals surface area (Å²) in [6, 6.07) is 7.80. The summed E-state index contributed by atoms with van der Waals surface area (Å²) in [6.45, 7) is 3.62. The average molecular weight is 366 g/mol. The molecule has 1 atom stereocenters. The summed E-state index contributed by atoms with van der Waals surface area (Å²) in [5.41, 5.74) is 1.11. The summed E-state index contributed by atoms with van der Waals surface area (Å²) in [5, 5.41) is 6.33. The van der Waals surface area contributed by atoms with Crippen LogP contribution in [0, 0.1) is 0 Å². The summed E-state index contributed by atoms with van der Waals surface area (Å²) in [6.07, 6.45) is 1.30. The molecule has 25 heavy (non-hydrogen) atoms. The fourth-order valence-electron chi connectivity index (χ4n) is 2.49. The van der Waals surface area contributed by atoms with Gasteiger partial charge in [-0.15, -0.1) is 0 Å². The summed E-state index contributed by atoms with van der Waals surface area (Å²) in [5.74, 6) is 2.47. The van der Waals surface area contributed by atoms with Crippen molar-refractivity contribution < 1.29 is 19.1 Å². The van der Waals surface area contributed by atoms with E-state index in [4.69, 9.17) is 9.47 Å². The van der Waals surface area contributed by atoms with Crippen molar-refractivity contribution in [2.24, 2.45) is 0 Å². The molecular weight excluding hydrogens is 340 g/mol. The van der Waals surface area contributed by atoms with Crippen molar-refractivity contribution in [2.75, 3.05) is 37.8 Å². The Kier molecular flexibility index (Phi) is 8.62. The standard InChI is InChI=1S/C18H26N2O4S/c1-2-23-18(22)12-24-16-5-3-14(4-6-16)7-8-20-17(21)11-15-13-25-10-9-19-15/h3-6,15,19H,2,7-13H2,1H3,(H,20,21). The van der Waals surface area contributed by atoms with E-state index in [1.165, 1.54) is 0 Å². The van der Waals surface area contributed by atoms with Gasteiger partial charge in [0, 0.05) is 37.1 Å². The van der Waals surface area contributed by atoms with Crippen LogP contribution < -0.4 is 15.4 Å². The molecular formula is C18H26N2O4S. The zero-order valence-corrected chi connectivity index (χ0v) is 15.4. The van der Waals surface area contributed by atoms with Crippen LogP contribution in [0.5, 0.6) is 5.75 Å². The molecule has 1 amide bonds. The summed E-state index contributed by atoms with van der Waals surface area (Å²) < 4.78 is 10.2. The molecule has 1 aromatic carbocycles. The predicted octanol–water partition coefficient (Wildman–Crippen LogP) is 1.38. The maximum absolute atomic E-state index is 11.9. The first-order valence-electron chi connectivity index (χ1n) is 8.62. The Bertz CT molecular complexity index is 545. The number of esters is 1. The molecule has 1 unspecified atom stereocenters. The van der Waals surface area contributed by atoms with Crippen LogP contribution in [0.25, 0.3) is 0 Å². The molecule has 6 nitrogen and oxygen atoms in total. The zero-order chi connectivity index (χ0) is 17.9. The molecule has 1 aliphatic heterocycles. The van der Waals surface area contributed by atoms with Gasteiger partial charge in [-0.3, -0.25) is 4.79 Å². The van der Waals surface area contributed by atoms with Gasteiger partial charge in [-0.05, 0) is 31.0 Å². The van der Waals surface area contributed by atoms with Crippen molar-refractivity contribution in [2.45, 2.75) is 25.8 Å². The van der Waals surface area contributed by atoms with Crippen molar-refractivity contribution in [1.82, 2.24) is 10.6 Å². The first-order valence-corrected chi connectivity index (χ1v) is 9.78. The first-order chi connectivity index (χ1) is 12.2. The normalized spacial score (nSPS) is 16.9. The summed E-state index contributed by atoms with van der Waals surface area (Å²) in [4.78, 5) is 23.2. The van der Waals surface area contributed by atoms with Gasteiger partial charge in [0.2, 0.25) is 5.91 Å². The molecule has 2 N–H and O–H groups in total. The minimum Gasteiger partial charge on any atom is -0.482 e. The van der Waals surface area contributed by atoms with E-state index in [1.807, 2.05) is 36.0 Å². The Morgan fingerprint density at radius 1 is 1.32 bits per heavy atom. The van der Waals surface area contributed by atoms with Crippen LogP contribution in [0.15, 0.2) is 24.3 Å². The number of hydrogen-bond acceptors (Lipinski definition) is 6. The average Bonchev–Trinajstić information content (AvgIpc) is 2.62. The van der Waals surface area contributed by atoms with Crippen LogP contribution in [0.3, 0.4) is 0 Å². The zero-order valence-electron chi connectivity index (χ0n) is 14.6. The van der Waals surface area contributed by atoms with Gasteiger partial charge in [-0.1, -0.05) is 12.1 Å². The predicted molar refractivity (Wildman–Crippen MR) is 99.0 cm³/mol. The number of benzene rings is 1. The third kappa shape index (κ3) is 7.79. The third-order valence-corrected chi connectivity index (χ3v) is 4.88. The summed E-state index contributed by atoms with van der Waals surface area (Å²) >= 11 is 1.89. The molecule has 1 heterocycles. The number of carbonyl (C=O) groups is 2. The topological polar surface area (TPSA) is 76.7 Å². The summed E-state index contributed by atoms with van der Waals surface area (Å²) in [7, 11) is 0. The molecule has 138 valence electrons. The molecule has 0 aliphatic carbocycles. The van der Waals surface area contributed by atoms with E-state index in [1.54, 1.807) is 6.92 Å². The Morgan fingerprint density at radius 2 is 2.12 bits per heavy atom. The van der Waals surface area contributed by atoms with Crippen molar-refractivity contribution in [3.8, 4) is 5.75 Å². The molecule has 0 bridgehead atoms. The lowest BCUT2D eigenvalue weighted by molar-refractivity contribution is -0.145. The maximum atomic E-state index is 11.9. The van der Waals surface area contributed by atoms with Gasteiger partial charge in [0.15, 0.2) is 6.61 Å². The van der Waals surface area contributed by atoms with Gasteiger partial charge in [-0.2, -0.15) is 11.8 Å². The van der Waals surface area contributed by atoms with Gasteiger partial charge < -0.3 is 20.1 Å². The van der Waals surface area contributed by atoms with Crippen LogP contribution in [0.4, 0.5) is 0 Å². The number of carbonyl (C=O) groups excluding carboxylic acids is 2. The van der Waals surface area contributed by atoms with Crippen LogP contribution in [-0.2, 0) is 20.7 Å². The molecule has 0 aromatic heterocycles. The molecule has 1 aliphatic rings. The second-order valence-electron chi connectivity index (χ2n) is 5.77. The first kappa shape index (κ1) is 19.6. The molecule has 7 heteroatoms. The lowest BCUT2D eigenvalue weighted by Crippen LogP contribution is -2.41. The highest BCUT2D eigenvalue weighted by Crippen LogP contribution is 2.13. The van der Waals surface area contributed by atoms with Gasteiger partial charge in [0.1, 0.15) is 5.75 Å². The maximum Gasteiger partial charge on any atom is 0.344 e. The molecule has 1 aromatic rings. The van der Waals surface area contributed by atoms with Crippen LogP contribution in [0.2, 0.25) is 0 Å². The fourth-order valence-corrected chi connectivity index (χ4v) is 3.44. The van der Waals surface area contributed by atoms with Crippen molar-refractivity contribution in [1.29, 1.82) is 0 Å². The third-order valence-electron chi connectivity index (χ3n) is 3.75. The van der Waals surface area contributed by atoms with Crippen molar-refractivity contribution >= 4 is 23.6 Å². The highest BCUT2D eigenvalue weighted by Gasteiger charge is 2.16. The Labute approximate surface area is 153 Å². The molecule has 2 rings (SSSR count). The van der Waals surface area contributed by atoms with Crippen molar-refractivity contribution in [3.63, 3.8) is 0 Å². The lowest BCUT2D eigenvalue weighted by atomic mass is 10.1. The van der Waals surface area contributed by atoms with Gasteiger partial charge >= 0.3 is 5.97 Å². The van der Waals surface area contributed by atoms with Gasteiger partial charge in [0.05, 0.1) is 6.61 Å². The quantitative estimate of drug-likeness (QED) is 0.643. The van der Waals surface area contributed by atoms with E-state index < -0.39 is 0 Å². The van der Waals surface area contributed by atoms with E-state index in [2.05, 4.69) is 10.6 Å². The van der Waals surface area contributed by atoms with Crippen LogP contribution in [0.1, 0.15) is 18.9 Å². The van der Waals surface area contributed by atoms with E-state index >= 15 is 0 Å². The Hall–Kier alpha value is -1.73. The number of thioether (sulfide) groups is 1. The second-order valence-corrected chi connectivity index (χ2v) is 6.92. The van der Waals surface area contributed by atoms with Gasteiger partial charge in [-0.25, -0.2) is 4.79 Å². The van der Waals surface area contributed by atoms with E-state index in [0.29, 0.717) is 25.3 Å². The number of nitrogens with one attached hydrogen (secondary N) is 2. The largest absolute Gasteiger partial charge is 0.482 e. The lowest BCUT2D eigenvalue weighted by Gasteiger charge is -2.22. The smallest absolute Gasteiger partial charge is 0.344 e. The molecule has 1 saturated heterocycles. The molecule has 0 spiro atoms. The van der Waals surface area contributed by atoms with Gasteiger partial charge in [0.25, 0.3) is 0 Å². The highest BCUT2D eigenvalue weighted by atomic mass is 32.2. The van der Waals surface area contributed by atoms with E-state index in [0.717, 1.165) is 30.0 Å². The fraction of sp³-hybridized carbons (Fsp3) is 0.556. The second kappa shape index (κ2) is 11.0.